The number of piperidine rings is 1. The number of cyclic esters (lactones) is 1. The van der Waals surface area contributed by atoms with Gasteiger partial charge in [0.05, 0.1) is 12.6 Å². The van der Waals surface area contributed by atoms with Crippen LogP contribution in [0.2, 0.25) is 0 Å². The van der Waals surface area contributed by atoms with Gasteiger partial charge in [-0.2, -0.15) is 5.43 Å². The van der Waals surface area contributed by atoms with Crippen molar-refractivity contribution in [3.8, 4) is 0 Å². The number of hydrazine groups is 1. The smallest absolute Gasteiger partial charge is 0.420 e. The molecule has 3 amide bonds. The fourth-order valence-electron chi connectivity index (χ4n) is 4.47. The third-order valence-corrected chi connectivity index (χ3v) is 6.20. The average molecular weight is 487 g/mol. The number of ketones is 2. The topological polar surface area (TPSA) is 99.3 Å². The van der Waals surface area contributed by atoms with Crippen LogP contribution in [0.1, 0.15) is 63.7 Å². The normalized spacial score (nSPS) is 19.1. The van der Waals surface area contributed by atoms with Crippen molar-refractivity contribution in [3.63, 3.8) is 0 Å². The largest absolute Gasteiger partial charge is 0.426 e. The highest BCUT2D eigenvalue weighted by Crippen LogP contribution is 2.22. The number of amides is 3. The number of urea groups is 1. The van der Waals surface area contributed by atoms with Gasteiger partial charge in [0, 0.05) is 25.2 Å². The summed E-state index contributed by atoms with van der Waals surface area (Å²) in [5.74, 6) is -0.424. The first kappa shape index (κ1) is 26.7. The highest BCUT2D eigenvalue weighted by molar-refractivity contribution is 6.01. The lowest BCUT2D eigenvalue weighted by Gasteiger charge is -2.37. The number of hydrogen-bond donors (Lipinski definition) is 1. The molecular formula is C26H38N4O5. The minimum atomic E-state index is -1.20. The van der Waals surface area contributed by atoms with Crippen LogP contribution in [-0.4, -0.2) is 76.9 Å². The van der Waals surface area contributed by atoms with Gasteiger partial charge >= 0.3 is 12.1 Å². The number of nitrogens with zero attached hydrogens (tertiary/aromatic N) is 3. The molecule has 3 rings (SSSR count). The Morgan fingerprint density at radius 3 is 2.29 bits per heavy atom. The van der Waals surface area contributed by atoms with E-state index in [4.69, 9.17) is 4.74 Å². The van der Waals surface area contributed by atoms with E-state index in [2.05, 4.69) is 5.43 Å². The van der Waals surface area contributed by atoms with Gasteiger partial charge in [-0.25, -0.2) is 14.6 Å². The van der Waals surface area contributed by atoms with E-state index in [0.29, 0.717) is 31.6 Å². The van der Waals surface area contributed by atoms with Crippen LogP contribution in [0.3, 0.4) is 0 Å². The van der Waals surface area contributed by atoms with Gasteiger partial charge in [-0.05, 0) is 37.5 Å². The number of likely N-dealkylation sites (tertiary alicyclic amines) is 1. The number of carbonyl (C=O) groups is 4. The Kier molecular flexibility index (Phi) is 9.26. The van der Waals surface area contributed by atoms with Crippen molar-refractivity contribution in [2.24, 2.45) is 11.8 Å². The molecule has 0 bridgehead atoms. The van der Waals surface area contributed by atoms with Crippen LogP contribution in [0.5, 0.6) is 0 Å². The molecule has 0 radical (unpaired) electrons. The molecule has 2 aliphatic rings. The molecule has 9 nitrogen and oxygen atoms in total. The quantitative estimate of drug-likeness (QED) is 0.506. The summed E-state index contributed by atoms with van der Waals surface area (Å²) in [5, 5.41) is 1.30. The van der Waals surface area contributed by atoms with Crippen molar-refractivity contribution >= 4 is 23.7 Å². The summed E-state index contributed by atoms with van der Waals surface area (Å²) in [6.07, 6.45) is 1.36. The zero-order chi connectivity index (χ0) is 25.5. The Bertz CT molecular complexity index is 898. The van der Waals surface area contributed by atoms with Gasteiger partial charge in [-0.15, -0.1) is 0 Å². The zero-order valence-electron chi connectivity index (χ0n) is 21.2. The fourth-order valence-corrected chi connectivity index (χ4v) is 4.47. The number of carbonyl (C=O) groups excluding carboxylic acids is 4. The summed E-state index contributed by atoms with van der Waals surface area (Å²) in [4.78, 5) is 56.0. The van der Waals surface area contributed by atoms with E-state index in [9.17, 15) is 19.2 Å². The zero-order valence-corrected chi connectivity index (χ0v) is 21.2. The molecule has 192 valence electrons. The number of rotatable bonds is 10. The maximum absolute atomic E-state index is 13.7. The van der Waals surface area contributed by atoms with Crippen LogP contribution in [0.4, 0.5) is 9.59 Å². The monoisotopic (exact) mass is 486 g/mol. The van der Waals surface area contributed by atoms with Gasteiger partial charge in [0.1, 0.15) is 0 Å². The molecule has 0 aromatic heterocycles. The molecule has 1 unspecified atom stereocenters. The van der Waals surface area contributed by atoms with Gasteiger partial charge < -0.3 is 14.5 Å². The van der Waals surface area contributed by atoms with Gasteiger partial charge in [0.25, 0.3) is 0 Å². The third-order valence-electron chi connectivity index (χ3n) is 6.20. The molecule has 2 heterocycles. The summed E-state index contributed by atoms with van der Waals surface area (Å²) in [6.45, 7) is 9.19. The second-order valence-electron chi connectivity index (χ2n) is 10.2. The van der Waals surface area contributed by atoms with Crippen molar-refractivity contribution < 1.29 is 23.9 Å². The maximum Gasteiger partial charge on any atom is 0.426 e. The molecule has 2 saturated heterocycles. The first-order valence-corrected chi connectivity index (χ1v) is 12.6. The third kappa shape index (κ3) is 7.04. The minimum Gasteiger partial charge on any atom is -0.420 e. The van der Waals surface area contributed by atoms with Crippen LogP contribution < -0.4 is 5.43 Å². The number of nitrogens with one attached hydrogen (secondary N) is 1. The van der Waals surface area contributed by atoms with Crippen LogP contribution in [0.15, 0.2) is 30.3 Å². The van der Waals surface area contributed by atoms with E-state index >= 15 is 0 Å². The second-order valence-corrected chi connectivity index (χ2v) is 10.2. The van der Waals surface area contributed by atoms with E-state index in [-0.39, 0.29) is 30.2 Å². The number of ether oxygens (including phenoxy) is 1. The van der Waals surface area contributed by atoms with Crippen molar-refractivity contribution in [2.75, 3.05) is 26.2 Å². The number of Topliss-reactive ketones (excluding diaryl/α,β-unsaturated/α-hetero) is 2. The summed E-state index contributed by atoms with van der Waals surface area (Å²) < 4.78 is 5.35. The van der Waals surface area contributed by atoms with Crippen LogP contribution in [0.25, 0.3) is 0 Å². The van der Waals surface area contributed by atoms with E-state index in [0.717, 1.165) is 19.3 Å². The van der Waals surface area contributed by atoms with E-state index in [1.54, 1.807) is 29.2 Å². The summed E-state index contributed by atoms with van der Waals surface area (Å²) in [5.41, 5.74) is 3.34. The average Bonchev–Trinajstić information content (AvgIpc) is 3.20. The predicted octanol–water partition coefficient (Wildman–Crippen LogP) is 3.70. The molecule has 0 saturated carbocycles. The molecule has 2 fully saturated rings. The Hall–Kier alpha value is -2.94. The van der Waals surface area contributed by atoms with Crippen LogP contribution in [0, 0.1) is 11.8 Å². The first-order valence-electron chi connectivity index (χ1n) is 12.6. The molecule has 2 aliphatic heterocycles. The van der Waals surface area contributed by atoms with Crippen LogP contribution in [-0.2, 0) is 9.53 Å². The van der Waals surface area contributed by atoms with Crippen molar-refractivity contribution in [2.45, 2.75) is 65.6 Å². The van der Waals surface area contributed by atoms with Gasteiger partial charge in [0.15, 0.2) is 5.78 Å². The van der Waals surface area contributed by atoms with Crippen molar-refractivity contribution in [1.82, 2.24) is 20.2 Å². The molecule has 35 heavy (non-hydrogen) atoms. The Labute approximate surface area is 207 Å². The minimum absolute atomic E-state index is 0.0660. The molecule has 9 heteroatoms. The fraction of sp³-hybridized carbons (Fsp3) is 0.615. The van der Waals surface area contributed by atoms with E-state index < -0.39 is 24.1 Å². The lowest BCUT2D eigenvalue weighted by molar-refractivity contribution is -0.132. The van der Waals surface area contributed by atoms with Crippen LogP contribution >= 0.6 is 0 Å². The Morgan fingerprint density at radius 2 is 1.69 bits per heavy atom. The van der Waals surface area contributed by atoms with E-state index in [1.165, 1.54) is 9.91 Å². The molecule has 0 aliphatic carbocycles. The Morgan fingerprint density at radius 1 is 1.03 bits per heavy atom. The van der Waals surface area contributed by atoms with Crippen molar-refractivity contribution in [3.05, 3.63) is 35.9 Å². The first-order chi connectivity index (χ1) is 16.7. The van der Waals surface area contributed by atoms with Gasteiger partial charge in [-0.3, -0.25) is 9.59 Å². The van der Waals surface area contributed by atoms with Gasteiger partial charge in [-0.1, -0.05) is 58.0 Å². The lowest BCUT2D eigenvalue weighted by atomic mass is 9.97. The number of benzene rings is 1. The second kappa shape index (κ2) is 12.2. The maximum atomic E-state index is 13.7. The molecule has 1 aromatic rings. The molecule has 2 atom stereocenters. The number of hydrogen-bond acceptors (Lipinski definition) is 6. The molecule has 1 N–H and O–H groups in total. The van der Waals surface area contributed by atoms with Crippen molar-refractivity contribution in [1.29, 1.82) is 0 Å². The Balaban J connectivity index is 1.89. The molecular weight excluding hydrogens is 448 g/mol. The van der Waals surface area contributed by atoms with E-state index in [1.807, 2.05) is 33.8 Å². The van der Waals surface area contributed by atoms with Gasteiger partial charge in [0.2, 0.25) is 12.0 Å². The molecule has 1 aromatic carbocycles. The SMILES string of the molecule is CC(C)C[C@@H](C(=O)C1NN(CC(C)C)C(=O)O1)N(CC(=O)c1ccccc1)C(=O)N1CCCCC1. The highest BCUT2D eigenvalue weighted by Gasteiger charge is 2.43. The summed E-state index contributed by atoms with van der Waals surface area (Å²) >= 11 is 0. The summed E-state index contributed by atoms with van der Waals surface area (Å²) in [6, 6.07) is 7.53. The lowest BCUT2D eigenvalue weighted by Crippen LogP contribution is -2.57. The predicted molar refractivity (Wildman–Crippen MR) is 131 cm³/mol. The molecule has 0 spiro atoms. The summed E-state index contributed by atoms with van der Waals surface area (Å²) in [7, 11) is 0. The standard InChI is InChI=1S/C26H38N4O5/c1-18(2)15-21(23(32)24-27-30(16-19(3)4)26(34)35-24)29(25(33)28-13-9-6-10-14-28)17-22(31)20-11-7-5-8-12-20/h5,7-8,11-12,18-19,21,24,27H,6,9-10,13-17H2,1-4H3/t21-,24?/m0/s1. The highest BCUT2D eigenvalue weighted by atomic mass is 16.6.